The number of methoxy groups -OCH3 is 2. The number of nitrogens with zero attached hydrogens (tertiary/aromatic N) is 4. The number of hydrogen-bond donors (Lipinski definition) is 4. The Bertz CT molecular complexity index is 2250. The first-order valence-corrected chi connectivity index (χ1v) is 20.1. The number of piperazine rings is 1. The molecule has 2 aliphatic heterocycles. The number of anilines is 1. The van der Waals surface area contributed by atoms with E-state index in [0.717, 1.165) is 78.1 Å². The van der Waals surface area contributed by atoms with Gasteiger partial charge < -0.3 is 39.9 Å². The molecule has 2 aromatic carbocycles. The zero-order valence-electron chi connectivity index (χ0n) is 33.9. The summed E-state index contributed by atoms with van der Waals surface area (Å²) < 4.78 is 39.7. The number of amides is 2. The standard InChI is InChI=1S/C43H53FN8O6/c1-6-35-32(36(49-30-13-17-57-18-14-30)33-23-48-52(7-2)41(33)50-35)22-47-43(54)40-38(56-5)37(55-4)39(58-40)42(53)46-21-27-11-12-34(44)31(20-27)29-10-8-9-28(19-29)25-51-16-15-45-26(3)24-51/h8-12,19-20,23,26,30,45H,6-7,13-18,21-22,24-25H2,1-5H3,(H,46,53)(H,47,54)(H,49,50)/t26-/m0/s1. The van der Waals surface area contributed by atoms with Crippen LogP contribution in [0, 0.1) is 5.82 Å². The van der Waals surface area contributed by atoms with Crippen molar-refractivity contribution in [2.24, 2.45) is 0 Å². The average Bonchev–Trinajstić information content (AvgIpc) is 3.84. The maximum Gasteiger partial charge on any atom is 0.291 e. The molecule has 1 atom stereocenters. The first-order valence-electron chi connectivity index (χ1n) is 20.1. The SMILES string of the molecule is CCc1nc2c(cnn2CC)c(NC2CCOCC2)c1CNC(=O)c1oc(C(=O)NCc2ccc(F)c(-c3cccc(CN4CCN[C@@H](C)C4)c3)c2)c(OC)c1OC. The van der Waals surface area contributed by atoms with Crippen molar-refractivity contribution in [2.45, 2.75) is 78.3 Å². The second-order valence-corrected chi connectivity index (χ2v) is 14.8. The minimum Gasteiger partial charge on any atom is -0.489 e. The van der Waals surface area contributed by atoms with E-state index in [1.807, 2.05) is 42.9 Å². The highest BCUT2D eigenvalue weighted by Crippen LogP contribution is 2.38. The third-order valence-corrected chi connectivity index (χ3v) is 10.8. The fraction of sp³-hybridized carbons (Fsp3) is 0.442. The molecule has 7 rings (SSSR count). The van der Waals surface area contributed by atoms with E-state index in [1.54, 1.807) is 12.1 Å². The van der Waals surface area contributed by atoms with Crippen LogP contribution in [0.15, 0.2) is 53.1 Å². The highest BCUT2D eigenvalue weighted by atomic mass is 19.1. The Balaban J connectivity index is 1.07. The van der Waals surface area contributed by atoms with Gasteiger partial charge in [0.2, 0.25) is 23.0 Å². The molecule has 58 heavy (non-hydrogen) atoms. The van der Waals surface area contributed by atoms with Crippen LogP contribution in [0.1, 0.15) is 77.1 Å². The number of ether oxygens (including phenoxy) is 3. The molecule has 15 heteroatoms. The number of carbonyl (C=O) groups excluding carboxylic acids is 2. The van der Waals surface area contributed by atoms with Gasteiger partial charge in [-0.15, -0.1) is 0 Å². The van der Waals surface area contributed by atoms with Crippen molar-refractivity contribution >= 4 is 28.5 Å². The number of fused-ring (bicyclic) bond motifs is 1. The minimum atomic E-state index is -0.633. The van der Waals surface area contributed by atoms with Gasteiger partial charge >= 0.3 is 0 Å². The summed E-state index contributed by atoms with van der Waals surface area (Å²) >= 11 is 0. The summed E-state index contributed by atoms with van der Waals surface area (Å²) in [6.45, 7) is 12.0. The van der Waals surface area contributed by atoms with Crippen molar-refractivity contribution in [3.05, 3.63) is 88.4 Å². The van der Waals surface area contributed by atoms with Crippen molar-refractivity contribution in [1.82, 2.24) is 35.6 Å². The summed E-state index contributed by atoms with van der Waals surface area (Å²) in [6, 6.07) is 13.3. The molecular weight excluding hydrogens is 744 g/mol. The van der Waals surface area contributed by atoms with Crippen LogP contribution in [0.4, 0.5) is 10.1 Å². The third kappa shape index (κ3) is 8.81. The van der Waals surface area contributed by atoms with Gasteiger partial charge in [0.05, 0.1) is 31.5 Å². The number of pyridine rings is 1. The van der Waals surface area contributed by atoms with E-state index in [1.165, 1.54) is 20.3 Å². The van der Waals surface area contributed by atoms with Gasteiger partial charge in [0.1, 0.15) is 5.82 Å². The zero-order chi connectivity index (χ0) is 40.8. The number of benzene rings is 2. The van der Waals surface area contributed by atoms with Crippen LogP contribution in [0.3, 0.4) is 0 Å². The Morgan fingerprint density at radius 2 is 1.72 bits per heavy atom. The molecule has 0 unspecified atom stereocenters. The van der Waals surface area contributed by atoms with Crippen LogP contribution < -0.4 is 30.7 Å². The lowest BCUT2D eigenvalue weighted by atomic mass is 10.00. The highest BCUT2D eigenvalue weighted by molar-refractivity contribution is 6.01. The van der Waals surface area contributed by atoms with Gasteiger partial charge in [0.25, 0.3) is 11.8 Å². The van der Waals surface area contributed by atoms with E-state index in [2.05, 4.69) is 44.3 Å². The number of rotatable bonds is 15. The Labute approximate surface area is 337 Å². The zero-order valence-corrected chi connectivity index (χ0v) is 33.9. The first-order chi connectivity index (χ1) is 28.2. The molecule has 14 nitrogen and oxygen atoms in total. The molecule has 0 bridgehead atoms. The van der Waals surface area contributed by atoms with E-state index in [0.29, 0.717) is 43.3 Å². The van der Waals surface area contributed by atoms with Crippen molar-refractivity contribution in [1.29, 1.82) is 0 Å². The molecule has 3 aromatic heterocycles. The topological polar surface area (TPSA) is 157 Å². The molecule has 308 valence electrons. The van der Waals surface area contributed by atoms with E-state index in [-0.39, 0.29) is 48.0 Å². The van der Waals surface area contributed by atoms with Crippen LogP contribution in [0.5, 0.6) is 11.5 Å². The summed E-state index contributed by atoms with van der Waals surface area (Å²) in [5, 5.41) is 18.4. The normalized spacial score (nSPS) is 16.3. The summed E-state index contributed by atoms with van der Waals surface area (Å²) in [5.41, 5.74) is 6.27. The maximum absolute atomic E-state index is 15.2. The van der Waals surface area contributed by atoms with Crippen LogP contribution in [-0.4, -0.2) is 90.6 Å². The van der Waals surface area contributed by atoms with Crippen molar-refractivity contribution in [2.75, 3.05) is 52.4 Å². The largest absolute Gasteiger partial charge is 0.489 e. The van der Waals surface area contributed by atoms with Gasteiger partial charge in [-0.05, 0) is 68.0 Å². The van der Waals surface area contributed by atoms with E-state index < -0.39 is 11.8 Å². The van der Waals surface area contributed by atoms with Crippen molar-refractivity contribution in [3.63, 3.8) is 0 Å². The lowest BCUT2D eigenvalue weighted by Crippen LogP contribution is -2.48. The molecule has 0 saturated carbocycles. The Morgan fingerprint density at radius 3 is 2.41 bits per heavy atom. The Morgan fingerprint density at radius 1 is 0.983 bits per heavy atom. The minimum absolute atomic E-state index is 0.0153. The molecule has 4 N–H and O–H groups in total. The fourth-order valence-corrected chi connectivity index (χ4v) is 7.84. The van der Waals surface area contributed by atoms with Crippen LogP contribution >= 0.6 is 0 Å². The lowest BCUT2D eigenvalue weighted by molar-refractivity contribution is 0.0894. The second-order valence-electron chi connectivity index (χ2n) is 14.8. The molecule has 0 radical (unpaired) electrons. The number of carbonyl (C=O) groups is 2. The number of furan rings is 1. The molecule has 0 spiro atoms. The molecule has 0 aliphatic carbocycles. The van der Waals surface area contributed by atoms with Gasteiger partial charge in [-0.1, -0.05) is 31.2 Å². The van der Waals surface area contributed by atoms with Crippen LogP contribution in [0.25, 0.3) is 22.2 Å². The highest BCUT2D eigenvalue weighted by Gasteiger charge is 2.31. The number of aryl methyl sites for hydroxylation is 2. The molecular formula is C43H53FN8O6. The second kappa shape index (κ2) is 18.4. The summed E-state index contributed by atoms with van der Waals surface area (Å²) in [4.78, 5) is 34.9. The Hall–Kier alpha value is -5.51. The van der Waals surface area contributed by atoms with E-state index >= 15 is 4.39 Å². The number of aromatic nitrogens is 3. The molecule has 5 heterocycles. The molecule has 2 fully saturated rings. The van der Waals surface area contributed by atoms with E-state index in [4.69, 9.17) is 23.6 Å². The predicted molar refractivity (Wildman–Crippen MR) is 219 cm³/mol. The summed E-state index contributed by atoms with van der Waals surface area (Å²) in [7, 11) is 2.74. The van der Waals surface area contributed by atoms with Gasteiger partial charge in [-0.25, -0.2) is 14.1 Å². The molecule has 5 aromatic rings. The molecule has 2 saturated heterocycles. The smallest absolute Gasteiger partial charge is 0.291 e. The van der Waals surface area contributed by atoms with Crippen LogP contribution in [0.2, 0.25) is 0 Å². The maximum atomic E-state index is 15.2. The predicted octanol–water partition coefficient (Wildman–Crippen LogP) is 5.67. The van der Waals surface area contributed by atoms with Gasteiger partial charge in [0, 0.05) is 87.9 Å². The first kappa shape index (κ1) is 40.7. The number of hydrogen-bond acceptors (Lipinski definition) is 11. The van der Waals surface area contributed by atoms with Gasteiger partial charge in [-0.3, -0.25) is 14.5 Å². The lowest BCUT2D eigenvalue weighted by Gasteiger charge is -2.31. The number of nitrogens with one attached hydrogen (secondary N) is 4. The van der Waals surface area contributed by atoms with Gasteiger partial charge in [-0.2, -0.15) is 5.10 Å². The van der Waals surface area contributed by atoms with Crippen molar-refractivity contribution in [3.8, 4) is 22.6 Å². The van der Waals surface area contributed by atoms with Crippen molar-refractivity contribution < 1.29 is 32.6 Å². The van der Waals surface area contributed by atoms with Crippen LogP contribution in [-0.2, 0) is 37.3 Å². The van der Waals surface area contributed by atoms with E-state index in [9.17, 15) is 9.59 Å². The van der Waals surface area contributed by atoms with Gasteiger partial charge in [0.15, 0.2) is 5.65 Å². The Kier molecular flexibility index (Phi) is 12.9. The number of halogens is 1. The molecule has 2 aliphatic rings. The monoisotopic (exact) mass is 796 g/mol. The average molecular weight is 797 g/mol. The third-order valence-electron chi connectivity index (χ3n) is 10.8. The fourth-order valence-electron chi connectivity index (χ4n) is 7.84. The molecule has 2 amide bonds. The summed E-state index contributed by atoms with van der Waals surface area (Å²) in [6.07, 6.45) is 4.13. The quantitative estimate of drug-likeness (QED) is 0.104. The summed E-state index contributed by atoms with van der Waals surface area (Å²) in [5.74, 6) is -2.08.